The van der Waals surface area contributed by atoms with Crippen molar-refractivity contribution < 1.29 is 0 Å². The van der Waals surface area contributed by atoms with Crippen molar-refractivity contribution in [2.75, 3.05) is 6.54 Å². The molecule has 2 aromatic carbocycles. The van der Waals surface area contributed by atoms with Gasteiger partial charge in [-0.1, -0.05) is 48.2 Å². The molecule has 0 aromatic heterocycles. The molecule has 0 heterocycles. The van der Waals surface area contributed by atoms with Crippen LogP contribution in [0.2, 0.25) is 0 Å². The fraction of sp³-hybridized carbons (Fsp3) is 0.125. The highest BCUT2D eigenvalue weighted by atomic mass is 14.5. The largest absolute Gasteiger partial charge is 0.330 e. The molecule has 0 atom stereocenters. The first-order valence-corrected chi connectivity index (χ1v) is 5.75. The van der Waals surface area contributed by atoms with Gasteiger partial charge in [0.2, 0.25) is 0 Å². The van der Waals surface area contributed by atoms with E-state index in [1.165, 1.54) is 5.56 Å². The number of benzene rings is 2. The average molecular weight is 221 g/mol. The van der Waals surface area contributed by atoms with Gasteiger partial charge in [0.05, 0.1) is 0 Å². The van der Waals surface area contributed by atoms with Crippen molar-refractivity contribution in [1.29, 1.82) is 0 Å². The van der Waals surface area contributed by atoms with Gasteiger partial charge >= 0.3 is 0 Å². The van der Waals surface area contributed by atoms with E-state index in [-0.39, 0.29) is 0 Å². The molecule has 17 heavy (non-hydrogen) atoms. The minimum absolute atomic E-state index is 0.657. The molecular formula is C16H15N. The van der Waals surface area contributed by atoms with E-state index in [0.717, 1.165) is 17.5 Å². The summed E-state index contributed by atoms with van der Waals surface area (Å²) in [5, 5.41) is 0. The molecule has 0 amide bonds. The molecule has 0 spiro atoms. The molecule has 0 fully saturated rings. The van der Waals surface area contributed by atoms with Crippen LogP contribution in [0.1, 0.15) is 16.7 Å². The van der Waals surface area contributed by atoms with Crippen molar-refractivity contribution in [1.82, 2.24) is 0 Å². The summed E-state index contributed by atoms with van der Waals surface area (Å²) in [4.78, 5) is 0. The van der Waals surface area contributed by atoms with Gasteiger partial charge in [-0.15, -0.1) is 0 Å². The first-order valence-electron chi connectivity index (χ1n) is 5.75. The number of hydrogen-bond acceptors (Lipinski definition) is 1. The van der Waals surface area contributed by atoms with Crippen LogP contribution in [0, 0.1) is 11.8 Å². The van der Waals surface area contributed by atoms with E-state index in [1.54, 1.807) is 0 Å². The first kappa shape index (κ1) is 11.4. The summed E-state index contributed by atoms with van der Waals surface area (Å²) < 4.78 is 0. The van der Waals surface area contributed by atoms with Crippen molar-refractivity contribution in [3.8, 4) is 11.8 Å². The van der Waals surface area contributed by atoms with E-state index in [0.29, 0.717) is 6.54 Å². The monoisotopic (exact) mass is 221 g/mol. The number of nitrogens with two attached hydrogens (primary N) is 1. The summed E-state index contributed by atoms with van der Waals surface area (Å²) in [6.45, 7) is 0.657. The Morgan fingerprint density at radius 3 is 2.29 bits per heavy atom. The van der Waals surface area contributed by atoms with Crippen LogP contribution in [0.25, 0.3) is 0 Å². The lowest BCUT2D eigenvalue weighted by Crippen LogP contribution is -2.04. The third kappa shape index (κ3) is 3.21. The SMILES string of the molecule is NCCc1ccccc1C#Cc1ccccc1. The molecule has 2 N–H and O–H groups in total. The van der Waals surface area contributed by atoms with Gasteiger partial charge < -0.3 is 5.73 Å². The molecule has 0 aliphatic carbocycles. The van der Waals surface area contributed by atoms with E-state index in [1.807, 2.05) is 48.5 Å². The maximum atomic E-state index is 5.59. The van der Waals surface area contributed by atoms with Gasteiger partial charge in [0, 0.05) is 11.1 Å². The van der Waals surface area contributed by atoms with Crippen LogP contribution >= 0.6 is 0 Å². The predicted octanol–water partition coefficient (Wildman–Crippen LogP) is 2.59. The Morgan fingerprint density at radius 2 is 1.53 bits per heavy atom. The second-order valence-electron chi connectivity index (χ2n) is 3.81. The van der Waals surface area contributed by atoms with Crippen LogP contribution in [0.5, 0.6) is 0 Å². The van der Waals surface area contributed by atoms with Crippen LogP contribution in [0.4, 0.5) is 0 Å². The first-order chi connectivity index (χ1) is 8.40. The maximum Gasteiger partial charge on any atom is 0.0281 e. The lowest BCUT2D eigenvalue weighted by atomic mass is 10.0. The summed E-state index contributed by atoms with van der Waals surface area (Å²) in [5.74, 6) is 6.38. The van der Waals surface area contributed by atoms with Gasteiger partial charge in [0.15, 0.2) is 0 Å². The molecular weight excluding hydrogens is 206 g/mol. The normalized spacial score (nSPS) is 9.47. The van der Waals surface area contributed by atoms with Gasteiger partial charge in [-0.2, -0.15) is 0 Å². The van der Waals surface area contributed by atoms with Crippen LogP contribution in [-0.2, 0) is 6.42 Å². The van der Waals surface area contributed by atoms with Crippen molar-refractivity contribution in [2.24, 2.45) is 5.73 Å². The van der Waals surface area contributed by atoms with E-state index < -0.39 is 0 Å². The Bertz CT molecular complexity index is 532. The Labute approximate surface area is 102 Å². The lowest BCUT2D eigenvalue weighted by molar-refractivity contribution is 0.965. The van der Waals surface area contributed by atoms with Gasteiger partial charge in [-0.25, -0.2) is 0 Å². The number of hydrogen-bond donors (Lipinski definition) is 1. The lowest BCUT2D eigenvalue weighted by Gasteiger charge is -2.01. The van der Waals surface area contributed by atoms with Crippen molar-refractivity contribution in [3.05, 3.63) is 71.3 Å². The summed E-state index contributed by atoms with van der Waals surface area (Å²) in [5.41, 5.74) is 8.92. The molecule has 1 heteroatoms. The minimum Gasteiger partial charge on any atom is -0.330 e. The predicted molar refractivity (Wildman–Crippen MR) is 71.6 cm³/mol. The Kier molecular flexibility index (Phi) is 3.96. The fourth-order valence-electron chi connectivity index (χ4n) is 1.68. The van der Waals surface area contributed by atoms with Crippen LogP contribution in [0.15, 0.2) is 54.6 Å². The van der Waals surface area contributed by atoms with Crippen LogP contribution in [-0.4, -0.2) is 6.54 Å². The molecule has 0 aliphatic heterocycles. The third-order valence-corrected chi connectivity index (χ3v) is 2.55. The quantitative estimate of drug-likeness (QED) is 0.775. The van der Waals surface area contributed by atoms with Crippen molar-refractivity contribution >= 4 is 0 Å². The van der Waals surface area contributed by atoms with E-state index in [4.69, 9.17) is 5.73 Å². The second kappa shape index (κ2) is 5.89. The van der Waals surface area contributed by atoms with Gasteiger partial charge in [0.25, 0.3) is 0 Å². The molecule has 0 aliphatic rings. The van der Waals surface area contributed by atoms with E-state index in [9.17, 15) is 0 Å². The average Bonchev–Trinajstić information content (AvgIpc) is 2.39. The second-order valence-corrected chi connectivity index (χ2v) is 3.81. The highest BCUT2D eigenvalue weighted by Crippen LogP contribution is 2.08. The smallest absolute Gasteiger partial charge is 0.0281 e. The van der Waals surface area contributed by atoms with E-state index >= 15 is 0 Å². The highest BCUT2D eigenvalue weighted by molar-refractivity contribution is 5.46. The van der Waals surface area contributed by atoms with Crippen molar-refractivity contribution in [2.45, 2.75) is 6.42 Å². The topological polar surface area (TPSA) is 26.0 Å². The Morgan fingerprint density at radius 1 is 0.824 bits per heavy atom. The third-order valence-electron chi connectivity index (χ3n) is 2.55. The zero-order chi connectivity index (χ0) is 11.9. The maximum absolute atomic E-state index is 5.59. The zero-order valence-electron chi connectivity index (χ0n) is 9.69. The molecule has 1 nitrogen and oxygen atoms in total. The Hall–Kier alpha value is -2.04. The Balaban J connectivity index is 2.27. The van der Waals surface area contributed by atoms with Gasteiger partial charge in [0.1, 0.15) is 0 Å². The van der Waals surface area contributed by atoms with Crippen LogP contribution < -0.4 is 5.73 Å². The molecule has 0 unspecified atom stereocenters. The molecule has 2 rings (SSSR count). The highest BCUT2D eigenvalue weighted by Gasteiger charge is 1.96. The van der Waals surface area contributed by atoms with Crippen molar-refractivity contribution in [3.63, 3.8) is 0 Å². The summed E-state index contributed by atoms with van der Waals surface area (Å²) in [6, 6.07) is 18.2. The summed E-state index contributed by atoms with van der Waals surface area (Å²) in [6.07, 6.45) is 0.875. The fourth-order valence-corrected chi connectivity index (χ4v) is 1.68. The van der Waals surface area contributed by atoms with Gasteiger partial charge in [-0.05, 0) is 36.7 Å². The molecule has 84 valence electrons. The number of rotatable bonds is 2. The molecule has 2 aromatic rings. The van der Waals surface area contributed by atoms with Crippen LogP contribution in [0.3, 0.4) is 0 Å². The van der Waals surface area contributed by atoms with E-state index in [2.05, 4.69) is 17.9 Å². The molecule has 0 saturated carbocycles. The standard InChI is InChI=1S/C16H15N/c17-13-12-16-9-5-4-8-15(16)11-10-14-6-2-1-3-7-14/h1-9H,12-13,17H2. The molecule has 0 radical (unpaired) electrons. The molecule has 0 saturated heterocycles. The van der Waals surface area contributed by atoms with Gasteiger partial charge in [-0.3, -0.25) is 0 Å². The zero-order valence-corrected chi connectivity index (χ0v) is 9.69. The minimum atomic E-state index is 0.657. The molecule has 0 bridgehead atoms. The summed E-state index contributed by atoms with van der Waals surface area (Å²) in [7, 11) is 0. The summed E-state index contributed by atoms with van der Waals surface area (Å²) >= 11 is 0.